The summed E-state index contributed by atoms with van der Waals surface area (Å²) in [4.78, 5) is 62.8. The van der Waals surface area contributed by atoms with E-state index < -0.39 is 40.4 Å². The minimum absolute atomic E-state index is 0.0129. The van der Waals surface area contributed by atoms with Crippen LogP contribution in [0.1, 0.15) is 15.9 Å². The first kappa shape index (κ1) is 24.4. The normalized spacial score (nSPS) is 18.9. The Labute approximate surface area is 207 Å². The van der Waals surface area contributed by atoms with E-state index in [-0.39, 0.29) is 29.1 Å². The molecule has 0 saturated carbocycles. The van der Waals surface area contributed by atoms with Gasteiger partial charge in [-0.3, -0.25) is 19.3 Å². The summed E-state index contributed by atoms with van der Waals surface area (Å²) in [6.07, 6.45) is -0.247. The summed E-state index contributed by atoms with van der Waals surface area (Å²) in [7, 11) is 0. The lowest BCUT2D eigenvalue weighted by molar-refractivity contribution is -0.150. The van der Waals surface area contributed by atoms with Crippen LogP contribution in [0.2, 0.25) is 0 Å². The van der Waals surface area contributed by atoms with Crippen molar-refractivity contribution in [2.24, 2.45) is 0 Å². The van der Waals surface area contributed by atoms with Gasteiger partial charge in [0, 0.05) is 10.6 Å². The number of amides is 3. The van der Waals surface area contributed by atoms with E-state index in [1.165, 1.54) is 23.9 Å². The number of carbonyl (C=O) groups excluding carboxylic acids is 3. The van der Waals surface area contributed by atoms with Crippen LogP contribution in [0, 0.1) is 0 Å². The number of fused-ring (bicyclic) bond motifs is 1. The monoisotopic (exact) mass is 513 g/mol. The number of thioether (sulfide) groups is 2. The van der Waals surface area contributed by atoms with E-state index in [9.17, 15) is 34.2 Å². The number of carboxylic acid groups (broad SMARTS) is 2. The maximum absolute atomic E-state index is 12.8. The molecule has 1 unspecified atom stereocenters. The van der Waals surface area contributed by atoms with Gasteiger partial charge in [-0.25, -0.2) is 9.59 Å². The molecule has 35 heavy (non-hydrogen) atoms. The number of benzene rings is 2. The Kier molecular flexibility index (Phi) is 7.12. The summed E-state index contributed by atoms with van der Waals surface area (Å²) in [6, 6.07) is 13.9. The van der Waals surface area contributed by atoms with Gasteiger partial charge in [-0.05, 0) is 35.5 Å². The van der Waals surface area contributed by atoms with Crippen molar-refractivity contribution in [2.45, 2.75) is 22.7 Å². The largest absolute Gasteiger partial charge is 0.478 e. The predicted molar refractivity (Wildman–Crippen MR) is 128 cm³/mol. The van der Waals surface area contributed by atoms with Crippen molar-refractivity contribution in [3.63, 3.8) is 0 Å². The number of hydrogen-bond acceptors (Lipinski definition) is 7. The number of carbonyl (C=O) groups is 5. The third-order valence-corrected chi connectivity index (χ3v) is 7.37. The van der Waals surface area contributed by atoms with E-state index in [2.05, 4.69) is 10.6 Å². The van der Waals surface area contributed by atoms with Gasteiger partial charge in [0.2, 0.25) is 5.91 Å². The minimum atomic E-state index is -1.37. The van der Waals surface area contributed by atoms with Crippen LogP contribution in [-0.2, 0) is 20.8 Å². The SMILES string of the molecule is O=C(Cc1ccccc1C(=O)O)NC1C(=O)N2C(C(=O)O)=C(NC(=O)Sc3ccccc3)CS[C@@H]12. The van der Waals surface area contributed by atoms with Crippen molar-refractivity contribution < 1.29 is 34.2 Å². The zero-order chi connectivity index (χ0) is 25.1. The van der Waals surface area contributed by atoms with Crippen molar-refractivity contribution >= 4 is 52.5 Å². The van der Waals surface area contributed by atoms with Crippen LogP contribution >= 0.6 is 23.5 Å². The second-order valence-corrected chi connectivity index (χ2v) is 9.71. The number of β-lactam (4-membered cyclic amide) rings is 1. The van der Waals surface area contributed by atoms with Crippen molar-refractivity contribution in [3.05, 3.63) is 77.1 Å². The molecular formula is C23H19N3O7S2. The Morgan fingerprint density at radius 2 is 1.69 bits per heavy atom. The molecule has 10 nitrogen and oxygen atoms in total. The maximum Gasteiger partial charge on any atom is 0.354 e. The summed E-state index contributed by atoms with van der Waals surface area (Å²) in [5.74, 6) is -3.61. The molecule has 0 aromatic heterocycles. The van der Waals surface area contributed by atoms with E-state index in [0.717, 1.165) is 16.7 Å². The van der Waals surface area contributed by atoms with Crippen molar-refractivity contribution in [1.29, 1.82) is 0 Å². The zero-order valence-corrected chi connectivity index (χ0v) is 19.6. The van der Waals surface area contributed by atoms with Crippen LogP contribution < -0.4 is 10.6 Å². The lowest BCUT2D eigenvalue weighted by atomic mass is 10.0. The van der Waals surface area contributed by atoms with E-state index in [4.69, 9.17) is 0 Å². The summed E-state index contributed by atoms with van der Waals surface area (Å²) >= 11 is 2.11. The first-order chi connectivity index (χ1) is 16.8. The maximum atomic E-state index is 12.8. The third-order valence-electron chi connectivity index (χ3n) is 5.29. The highest BCUT2D eigenvalue weighted by atomic mass is 32.2. The van der Waals surface area contributed by atoms with Crippen LogP contribution in [0.15, 0.2) is 70.9 Å². The molecule has 0 aliphatic carbocycles. The molecule has 2 aromatic carbocycles. The summed E-state index contributed by atoms with van der Waals surface area (Å²) in [5, 5.41) is 23.0. The first-order valence-corrected chi connectivity index (χ1v) is 12.2. The molecule has 2 heterocycles. The van der Waals surface area contributed by atoms with Crippen LogP contribution in [-0.4, -0.2) is 61.3 Å². The average molecular weight is 514 g/mol. The average Bonchev–Trinajstić information content (AvgIpc) is 2.82. The number of rotatable bonds is 7. The molecule has 2 atom stereocenters. The van der Waals surface area contributed by atoms with E-state index in [1.54, 1.807) is 42.5 Å². The molecule has 3 amide bonds. The molecule has 1 fully saturated rings. The van der Waals surface area contributed by atoms with Gasteiger partial charge in [0.05, 0.1) is 17.7 Å². The van der Waals surface area contributed by atoms with Gasteiger partial charge in [-0.15, -0.1) is 11.8 Å². The highest BCUT2D eigenvalue weighted by molar-refractivity contribution is 8.13. The fraction of sp³-hybridized carbons (Fsp3) is 0.174. The van der Waals surface area contributed by atoms with Crippen LogP contribution in [0.3, 0.4) is 0 Å². The Bertz CT molecular complexity index is 1250. The fourth-order valence-electron chi connectivity index (χ4n) is 3.74. The van der Waals surface area contributed by atoms with Gasteiger partial charge < -0.3 is 20.8 Å². The molecule has 1 saturated heterocycles. The molecule has 180 valence electrons. The smallest absolute Gasteiger partial charge is 0.354 e. The molecule has 2 aromatic rings. The Hall–Kier alpha value is -3.77. The van der Waals surface area contributed by atoms with Crippen LogP contribution in [0.5, 0.6) is 0 Å². The third kappa shape index (κ3) is 5.17. The molecule has 0 radical (unpaired) electrons. The highest BCUT2D eigenvalue weighted by Crippen LogP contribution is 2.40. The fourth-order valence-corrected chi connectivity index (χ4v) is 5.70. The van der Waals surface area contributed by atoms with Gasteiger partial charge in [-0.2, -0.15) is 0 Å². The molecule has 2 aliphatic rings. The summed E-state index contributed by atoms with van der Waals surface area (Å²) in [5.41, 5.74) is 0.0498. The van der Waals surface area contributed by atoms with Crippen molar-refractivity contribution in [1.82, 2.24) is 15.5 Å². The molecule has 0 bridgehead atoms. The lowest BCUT2D eigenvalue weighted by Crippen LogP contribution is -2.71. The van der Waals surface area contributed by atoms with E-state index >= 15 is 0 Å². The molecule has 4 rings (SSSR count). The standard InChI is InChI=1S/C23H19N3O7S2/c27-16(10-12-6-4-5-9-14(12)21(29)30)25-17-19(28)26-18(22(31)32)15(11-34-20(17)26)24-23(33)35-13-7-2-1-3-8-13/h1-9,17,20H,10-11H2,(H,24,33)(H,25,27)(H,29,30)(H,31,32)/t17?,20-/m0/s1. The summed E-state index contributed by atoms with van der Waals surface area (Å²) in [6.45, 7) is 0. The van der Waals surface area contributed by atoms with Gasteiger partial charge in [0.25, 0.3) is 11.1 Å². The number of hydrogen-bond donors (Lipinski definition) is 4. The first-order valence-electron chi connectivity index (χ1n) is 10.3. The topological polar surface area (TPSA) is 153 Å². The minimum Gasteiger partial charge on any atom is -0.478 e. The number of aromatic carboxylic acids is 1. The van der Waals surface area contributed by atoms with Gasteiger partial charge in [0.1, 0.15) is 11.4 Å². The lowest BCUT2D eigenvalue weighted by Gasteiger charge is -2.49. The Morgan fingerprint density at radius 1 is 1.00 bits per heavy atom. The predicted octanol–water partition coefficient (Wildman–Crippen LogP) is 2.13. The molecular weight excluding hydrogens is 494 g/mol. The zero-order valence-electron chi connectivity index (χ0n) is 18.0. The van der Waals surface area contributed by atoms with E-state index in [1.807, 2.05) is 0 Å². The van der Waals surface area contributed by atoms with Gasteiger partial charge in [-0.1, -0.05) is 36.4 Å². The number of nitrogens with zero attached hydrogens (tertiary/aromatic N) is 1. The van der Waals surface area contributed by atoms with Gasteiger partial charge in [0.15, 0.2) is 5.70 Å². The van der Waals surface area contributed by atoms with Crippen LogP contribution in [0.4, 0.5) is 4.79 Å². The number of carboxylic acids is 2. The highest BCUT2D eigenvalue weighted by Gasteiger charge is 2.54. The van der Waals surface area contributed by atoms with Crippen LogP contribution in [0.25, 0.3) is 0 Å². The quantitative estimate of drug-likeness (QED) is 0.322. The summed E-state index contributed by atoms with van der Waals surface area (Å²) < 4.78 is 0. The second kappa shape index (κ2) is 10.2. The molecule has 0 spiro atoms. The number of aliphatic carboxylic acids is 1. The van der Waals surface area contributed by atoms with Crippen molar-refractivity contribution in [2.75, 3.05) is 5.75 Å². The molecule has 2 aliphatic heterocycles. The molecule has 4 N–H and O–H groups in total. The number of nitrogens with one attached hydrogen (secondary N) is 2. The van der Waals surface area contributed by atoms with E-state index in [0.29, 0.717) is 10.5 Å². The Morgan fingerprint density at radius 3 is 2.37 bits per heavy atom. The van der Waals surface area contributed by atoms with Crippen molar-refractivity contribution in [3.8, 4) is 0 Å². The van der Waals surface area contributed by atoms with Gasteiger partial charge >= 0.3 is 11.9 Å². The second-order valence-electron chi connectivity index (χ2n) is 7.55. The Balaban J connectivity index is 1.44. The molecule has 12 heteroatoms.